The van der Waals surface area contributed by atoms with Gasteiger partial charge in [0, 0.05) is 32.7 Å². The summed E-state index contributed by atoms with van der Waals surface area (Å²) in [5.74, 6) is -21.9. The molecule has 0 unspecified atom stereocenters. The van der Waals surface area contributed by atoms with Crippen LogP contribution in [-0.4, -0.2) is 7.11 Å². The van der Waals surface area contributed by atoms with E-state index in [1.807, 2.05) is 0 Å². The number of hydrogen-bond donors (Lipinski definition) is 0. The molecule has 0 atom stereocenters. The maximum atomic E-state index is 15.1. The highest BCUT2D eigenvalue weighted by Gasteiger charge is 2.42. The second-order valence-electron chi connectivity index (χ2n) is 8.11. The van der Waals surface area contributed by atoms with Crippen molar-refractivity contribution in [3.05, 3.63) is 75.4 Å². The number of methoxy groups -OCH3 is 1. The average Bonchev–Trinajstić information content (AvgIpc) is 2.85. The van der Waals surface area contributed by atoms with E-state index >= 15 is 8.78 Å². The zero-order valence-electron chi connectivity index (χ0n) is 18.9. The molecule has 0 N–H and O–H groups in total. The number of ether oxygens (including phenoxy) is 1. The molecule has 39 heavy (non-hydrogen) atoms. The Morgan fingerprint density at radius 2 is 0.872 bits per heavy atom. The van der Waals surface area contributed by atoms with Crippen LogP contribution in [0.15, 0.2) is 12.1 Å². The Labute approximate surface area is 207 Å². The smallest absolute Gasteiger partial charge is 0.420 e. The van der Waals surface area contributed by atoms with Crippen molar-refractivity contribution in [3.63, 3.8) is 0 Å². The topological polar surface area (TPSA) is 9.23 Å². The number of alkyl halides is 6. The Bertz CT molecular complexity index is 1700. The summed E-state index contributed by atoms with van der Waals surface area (Å²) in [6.45, 7) is 0.454. The molecule has 0 spiro atoms. The summed E-state index contributed by atoms with van der Waals surface area (Å²) in [6.07, 6.45) is -11.1. The summed E-state index contributed by atoms with van der Waals surface area (Å²) in [6, 6.07) is -0.435. The van der Waals surface area contributed by atoms with E-state index in [4.69, 9.17) is 0 Å². The van der Waals surface area contributed by atoms with Crippen molar-refractivity contribution in [2.45, 2.75) is 19.3 Å². The fraction of sp³-hybridized carbons (Fsp3) is 0.167. The molecule has 0 saturated heterocycles. The first-order valence-corrected chi connectivity index (χ1v) is 10.2. The lowest BCUT2D eigenvalue weighted by atomic mass is 9.85. The van der Waals surface area contributed by atoms with E-state index in [0.717, 1.165) is 0 Å². The first-order valence-electron chi connectivity index (χ1n) is 10.2. The molecule has 0 amide bonds. The van der Waals surface area contributed by atoms with Gasteiger partial charge in [0.15, 0.2) is 46.5 Å². The van der Waals surface area contributed by atoms with Crippen LogP contribution < -0.4 is 4.74 Å². The van der Waals surface area contributed by atoms with Gasteiger partial charge < -0.3 is 4.74 Å². The fourth-order valence-electron chi connectivity index (χ4n) is 4.36. The molecule has 208 valence electrons. The third-order valence-corrected chi connectivity index (χ3v) is 6.00. The highest BCUT2D eigenvalue weighted by Crippen LogP contribution is 2.52. The Morgan fingerprint density at radius 3 is 1.26 bits per heavy atom. The SMILES string of the molecule is COc1c(C(F)(F)F)cc2c(F)c(F)c(F)c(F)c2c1-c1c(C)c(C(F)(F)F)cc2c(F)c(F)c(F)c(F)c12. The van der Waals surface area contributed by atoms with Crippen LogP contribution >= 0.6 is 0 Å². The summed E-state index contributed by atoms with van der Waals surface area (Å²) in [5, 5.41) is -6.71. The van der Waals surface area contributed by atoms with Crippen LogP contribution in [0.25, 0.3) is 32.7 Å². The van der Waals surface area contributed by atoms with E-state index in [2.05, 4.69) is 4.74 Å². The molecule has 0 aliphatic heterocycles. The van der Waals surface area contributed by atoms with Crippen molar-refractivity contribution in [2.75, 3.05) is 7.11 Å². The van der Waals surface area contributed by atoms with Gasteiger partial charge in [0.1, 0.15) is 5.75 Å². The van der Waals surface area contributed by atoms with E-state index in [0.29, 0.717) is 14.0 Å². The predicted octanol–water partition coefficient (Wildman–Crippen LogP) is 9.13. The third kappa shape index (κ3) is 4.00. The van der Waals surface area contributed by atoms with Gasteiger partial charge >= 0.3 is 12.4 Å². The normalized spacial score (nSPS) is 12.6. The zero-order valence-corrected chi connectivity index (χ0v) is 18.9. The Kier molecular flexibility index (Phi) is 6.43. The van der Waals surface area contributed by atoms with Gasteiger partial charge in [-0.1, -0.05) is 0 Å². The van der Waals surface area contributed by atoms with Gasteiger partial charge in [-0.05, 0) is 24.6 Å². The number of fused-ring (bicyclic) bond motifs is 2. The average molecular weight is 578 g/mol. The van der Waals surface area contributed by atoms with Crippen LogP contribution in [-0.2, 0) is 12.4 Å². The molecule has 0 heterocycles. The van der Waals surface area contributed by atoms with Gasteiger partial charge in [-0.3, -0.25) is 0 Å². The van der Waals surface area contributed by atoms with Crippen molar-refractivity contribution < 1.29 is 66.2 Å². The molecule has 15 heteroatoms. The van der Waals surface area contributed by atoms with Gasteiger partial charge in [0.2, 0.25) is 0 Å². The van der Waals surface area contributed by atoms with Crippen LogP contribution in [0.5, 0.6) is 5.75 Å². The minimum absolute atomic E-state index is 0.186. The van der Waals surface area contributed by atoms with Crippen molar-refractivity contribution in [3.8, 4) is 16.9 Å². The molecule has 0 aromatic heterocycles. The largest absolute Gasteiger partial charge is 0.495 e. The number of rotatable bonds is 2. The van der Waals surface area contributed by atoms with Crippen molar-refractivity contribution >= 4 is 21.5 Å². The molecular weight excluding hydrogens is 570 g/mol. The highest BCUT2D eigenvalue weighted by atomic mass is 19.4. The van der Waals surface area contributed by atoms with Crippen LogP contribution in [0, 0.1) is 53.5 Å². The molecule has 0 radical (unpaired) electrons. The Morgan fingerprint density at radius 1 is 0.513 bits per heavy atom. The van der Waals surface area contributed by atoms with Crippen LogP contribution in [0.4, 0.5) is 61.5 Å². The van der Waals surface area contributed by atoms with Gasteiger partial charge in [0.25, 0.3) is 0 Å². The van der Waals surface area contributed by atoms with E-state index in [-0.39, 0.29) is 12.1 Å². The standard InChI is InChI=1S/C24H8F14O/c1-5-8(23(33,34)35)3-6-11(16(27)20(31)18(29)14(6)25)10(5)13-12-7(15(26)19(30)21(32)17(12)28)4-9(22(13)39-2)24(36,37)38/h3-4H,1-2H3. The summed E-state index contributed by atoms with van der Waals surface area (Å²) in [7, 11) is 0.455. The lowest BCUT2D eigenvalue weighted by molar-refractivity contribution is -0.139. The summed E-state index contributed by atoms with van der Waals surface area (Å²) in [5.41, 5.74) is -8.64. The van der Waals surface area contributed by atoms with Crippen molar-refractivity contribution in [2.24, 2.45) is 0 Å². The molecule has 1 nitrogen and oxygen atoms in total. The Hall–Kier alpha value is -3.78. The molecule has 4 aromatic rings. The molecule has 0 aliphatic carbocycles. The second kappa shape index (κ2) is 8.88. The quantitative estimate of drug-likeness (QED) is 0.131. The highest BCUT2D eigenvalue weighted by molar-refractivity contribution is 6.10. The molecule has 4 aromatic carbocycles. The number of hydrogen-bond acceptors (Lipinski definition) is 1. The minimum Gasteiger partial charge on any atom is -0.495 e. The van der Waals surface area contributed by atoms with Crippen molar-refractivity contribution in [1.29, 1.82) is 0 Å². The number of benzene rings is 4. The first kappa shape index (κ1) is 28.2. The van der Waals surface area contributed by atoms with Crippen LogP contribution in [0.3, 0.4) is 0 Å². The van der Waals surface area contributed by atoms with Gasteiger partial charge in [-0.15, -0.1) is 0 Å². The predicted molar refractivity (Wildman–Crippen MR) is 108 cm³/mol. The molecule has 0 fully saturated rings. The van der Waals surface area contributed by atoms with Crippen molar-refractivity contribution in [1.82, 2.24) is 0 Å². The van der Waals surface area contributed by atoms with E-state index in [1.54, 1.807) is 0 Å². The molecule has 0 bridgehead atoms. The van der Waals surface area contributed by atoms with Gasteiger partial charge in [-0.25, -0.2) is 35.1 Å². The second-order valence-corrected chi connectivity index (χ2v) is 8.11. The third-order valence-electron chi connectivity index (χ3n) is 6.00. The first-order chi connectivity index (χ1) is 17.9. The Balaban J connectivity index is 2.52. The van der Waals surface area contributed by atoms with Crippen LogP contribution in [0.2, 0.25) is 0 Å². The zero-order chi connectivity index (χ0) is 29.5. The molecule has 4 rings (SSSR count). The molecule has 0 saturated carbocycles. The summed E-state index contributed by atoms with van der Waals surface area (Å²) in [4.78, 5) is 0. The maximum Gasteiger partial charge on any atom is 0.420 e. The lowest BCUT2D eigenvalue weighted by Crippen LogP contribution is -2.13. The summed E-state index contributed by atoms with van der Waals surface area (Å²) < 4.78 is 204. The minimum atomic E-state index is -5.60. The van der Waals surface area contributed by atoms with Gasteiger partial charge in [0.05, 0.1) is 18.2 Å². The maximum absolute atomic E-state index is 15.1. The summed E-state index contributed by atoms with van der Waals surface area (Å²) >= 11 is 0. The van der Waals surface area contributed by atoms with Gasteiger partial charge in [-0.2, -0.15) is 26.3 Å². The molecular formula is C24H8F14O. The molecule has 0 aliphatic rings. The lowest BCUT2D eigenvalue weighted by Gasteiger charge is -2.24. The number of halogens is 14. The van der Waals surface area contributed by atoms with E-state index in [9.17, 15) is 52.7 Å². The van der Waals surface area contributed by atoms with E-state index < -0.39 is 114 Å². The fourth-order valence-corrected chi connectivity index (χ4v) is 4.36. The van der Waals surface area contributed by atoms with E-state index in [1.165, 1.54) is 0 Å². The monoisotopic (exact) mass is 578 g/mol. The van der Waals surface area contributed by atoms with Crippen LogP contribution in [0.1, 0.15) is 16.7 Å².